The lowest BCUT2D eigenvalue weighted by Gasteiger charge is -2.28. The smallest absolute Gasteiger partial charge is 0.124 e. The zero-order valence-corrected chi connectivity index (χ0v) is 12.0. The first-order valence-electron chi connectivity index (χ1n) is 6.00. The van der Waals surface area contributed by atoms with Gasteiger partial charge in [0.25, 0.3) is 0 Å². The maximum absolute atomic E-state index is 10.2. The Morgan fingerprint density at radius 3 is 2.65 bits per heavy atom. The molecule has 1 aromatic carbocycles. The Balaban J connectivity index is 2.22. The molecule has 1 saturated heterocycles. The fourth-order valence-corrected chi connectivity index (χ4v) is 2.74. The Kier molecular flexibility index (Phi) is 4.07. The summed E-state index contributed by atoms with van der Waals surface area (Å²) in [6.45, 7) is 9.02. The molecule has 0 atom stereocenters. The molecular formula is C13H19BrN2O. The minimum absolute atomic E-state index is 0.440. The summed E-state index contributed by atoms with van der Waals surface area (Å²) in [6, 6.07) is 2.09. The highest BCUT2D eigenvalue weighted by Crippen LogP contribution is 2.32. The van der Waals surface area contributed by atoms with Crippen molar-refractivity contribution in [2.45, 2.75) is 20.4 Å². The zero-order chi connectivity index (χ0) is 12.4. The van der Waals surface area contributed by atoms with Gasteiger partial charge in [0, 0.05) is 48.3 Å². The number of hydrogen-bond donors (Lipinski definition) is 2. The van der Waals surface area contributed by atoms with Crippen molar-refractivity contribution >= 4 is 15.9 Å². The average molecular weight is 299 g/mol. The minimum atomic E-state index is 0.440. The van der Waals surface area contributed by atoms with Crippen LogP contribution < -0.4 is 5.32 Å². The van der Waals surface area contributed by atoms with Crippen LogP contribution in [0.2, 0.25) is 0 Å². The normalized spacial score (nSPS) is 17.4. The molecule has 1 aromatic rings. The molecule has 2 N–H and O–H groups in total. The van der Waals surface area contributed by atoms with Crippen LogP contribution in [0, 0.1) is 13.8 Å². The largest absolute Gasteiger partial charge is 0.507 e. The number of nitrogens with zero attached hydrogens (tertiary/aromatic N) is 1. The van der Waals surface area contributed by atoms with Gasteiger partial charge >= 0.3 is 0 Å². The van der Waals surface area contributed by atoms with E-state index in [9.17, 15) is 5.11 Å². The van der Waals surface area contributed by atoms with E-state index in [1.54, 1.807) is 0 Å². The first kappa shape index (κ1) is 12.9. The van der Waals surface area contributed by atoms with Gasteiger partial charge in [0.2, 0.25) is 0 Å². The molecule has 1 fully saturated rings. The monoisotopic (exact) mass is 298 g/mol. The molecule has 3 nitrogen and oxygen atoms in total. The molecular weight excluding hydrogens is 280 g/mol. The highest BCUT2D eigenvalue weighted by Gasteiger charge is 2.16. The lowest BCUT2D eigenvalue weighted by molar-refractivity contribution is 0.230. The van der Waals surface area contributed by atoms with Crippen LogP contribution in [0.25, 0.3) is 0 Å². The number of piperazine rings is 1. The third kappa shape index (κ3) is 2.81. The Bertz CT molecular complexity index is 414. The van der Waals surface area contributed by atoms with Crippen molar-refractivity contribution in [1.29, 1.82) is 0 Å². The van der Waals surface area contributed by atoms with Gasteiger partial charge in [0.15, 0.2) is 0 Å². The SMILES string of the molecule is Cc1cc(Br)c(C)c(O)c1CN1CCNCC1. The van der Waals surface area contributed by atoms with Gasteiger partial charge in [-0.15, -0.1) is 0 Å². The van der Waals surface area contributed by atoms with Gasteiger partial charge in [-0.1, -0.05) is 15.9 Å². The van der Waals surface area contributed by atoms with Crippen molar-refractivity contribution in [3.63, 3.8) is 0 Å². The summed E-state index contributed by atoms with van der Waals surface area (Å²) in [4.78, 5) is 2.38. The molecule has 2 rings (SSSR count). The first-order valence-corrected chi connectivity index (χ1v) is 6.79. The number of aromatic hydroxyl groups is 1. The summed E-state index contributed by atoms with van der Waals surface area (Å²) in [5, 5.41) is 13.6. The van der Waals surface area contributed by atoms with Crippen LogP contribution in [0.1, 0.15) is 16.7 Å². The Labute approximate surface area is 111 Å². The molecule has 0 saturated carbocycles. The summed E-state index contributed by atoms with van der Waals surface area (Å²) in [5.74, 6) is 0.440. The number of hydrogen-bond acceptors (Lipinski definition) is 3. The topological polar surface area (TPSA) is 35.5 Å². The highest BCUT2D eigenvalue weighted by molar-refractivity contribution is 9.10. The predicted molar refractivity (Wildman–Crippen MR) is 73.4 cm³/mol. The molecule has 4 heteroatoms. The van der Waals surface area contributed by atoms with Crippen molar-refractivity contribution in [3.05, 3.63) is 27.2 Å². The molecule has 94 valence electrons. The number of phenolic OH excluding ortho intramolecular Hbond substituents is 1. The molecule has 0 amide bonds. The number of nitrogens with one attached hydrogen (secondary N) is 1. The van der Waals surface area contributed by atoms with E-state index in [4.69, 9.17) is 0 Å². The van der Waals surface area contributed by atoms with Gasteiger partial charge in [-0.3, -0.25) is 4.90 Å². The van der Waals surface area contributed by atoms with Gasteiger partial charge in [0.1, 0.15) is 5.75 Å². The molecule has 0 aromatic heterocycles. The maximum atomic E-state index is 10.2. The van der Waals surface area contributed by atoms with E-state index >= 15 is 0 Å². The average Bonchev–Trinajstić information content (AvgIpc) is 2.33. The van der Waals surface area contributed by atoms with Gasteiger partial charge in [0.05, 0.1) is 0 Å². The molecule has 17 heavy (non-hydrogen) atoms. The molecule has 0 aliphatic carbocycles. The summed E-state index contributed by atoms with van der Waals surface area (Å²) in [7, 11) is 0. The van der Waals surface area contributed by atoms with E-state index in [1.165, 1.54) is 0 Å². The standard InChI is InChI=1S/C13H19BrN2O/c1-9-7-12(14)10(2)13(17)11(9)8-16-5-3-15-4-6-16/h7,15,17H,3-6,8H2,1-2H3. The number of benzene rings is 1. The molecule has 1 aliphatic heterocycles. The summed E-state index contributed by atoms with van der Waals surface area (Å²) in [6.07, 6.45) is 0. The van der Waals surface area contributed by atoms with Gasteiger partial charge in [-0.2, -0.15) is 0 Å². The van der Waals surface area contributed by atoms with Crippen LogP contribution in [0.5, 0.6) is 5.75 Å². The second-order valence-corrected chi connectivity index (χ2v) is 5.51. The van der Waals surface area contributed by atoms with Gasteiger partial charge in [-0.25, -0.2) is 0 Å². The maximum Gasteiger partial charge on any atom is 0.124 e. The number of aryl methyl sites for hydroxylation is 1. The number of phenols is 1. The molecule has 0 radical (unpaired) electrons. The van der Waals surface area contributed by atoms with Crippen LogP contribution >= 0.6 is 15.9 Å². The second kappa shape index (κ2) is 5.38. The fourth-order valence-electron chi connectivity index (χ4n) is 2.20. The second-order valence-electron chi connectivity index (χ2n) is 4.65. The molecule has 0 spiro atoms. The van der Waals surface area contributed by atoms with Crippen LogP contribution in [0.15, 0.2) is 10.5 Å². The van der Waals surface area contributed by atoms with Crippen molar-refractivity contribution in [2.75, 3.05) is 26.2 Å². The quantitative estimate of drug-likeness (QED) is 0.878. The van der Waals surface area contributed by atoms with Crippen molar-refractivity contribution in [3.8, 4) is 5.75 Å². The third-order valence-corrected chi connectivity index (χ3v) is 4.23. The Morgan fingerprint density at radius 2 is 2.00 bits per heavy atom. The van der Waals surface area contributed by atoms with Crippen molar-refractivity contribution in [1.82, 2.24) is 10.2 Å². The van der Waals surface area contributed by atoms with E-state index in [2.05, 4.69) is 39.1 Å². The van der Waals surface area contributed by atoms with Gasteiger partial charge < -0.3 is 10.4 Å². The highest BCUT2D eigenvalue weighted by atomic mass is 79.9. The van der Waals surface area contributed by atoms with Crippen molar-refractivity contribution < 1.29 is 5.11 Å². The number of rotatable bonds is 2. The summed E-state index contributed by atoms with van der Waals surface area (Å²) in [5.41, 5.74) is 3.15. The zero-order valence-electron chi connectivity index (χ0n) is 10.4. The van der Waals surface area contributed by atoms with Crippen LogP contribution in [0.4, 0.5) is 0 Å². The lowest BCUT2D eigenvalue weighted by atomic mass is 10.0. The van der Waals surface area contributed by atoms with Crippen molar-refractivity contribution in [2.24, 2.45) is 0 Å². The molecule has 0 bridgehead atoms. The molecule has 0 unspecified atom stereocenters. The van der Waals surface area contributed by atoms with Crippen LogP contribution in [0.3, 0.4) is 0 Å². The van der Waals surface area contributed by atoms with E-state index in [0.717, 1.165) is 53.9 Å². The summed E-state index contributed by atoms with van der Waals surface area (Å²) >= 11 is 3.47. The van der Waals surface area contributed by atoms with Crippen LogP contribution in [-0.2, 0) is 6.54 Å². The number of halogens is 1. The lowest BCUT2D eigenvalue weighted by Crippen LogP contribution is -2.43. The van der Waals surface area contributed by atoms with E-state index in [1.807, 2.05) is 6.92 Å². The van der Waals surface area contributed by atoms with Gasteiger partial charge in [-0.05, 0) is 25.5 Å². The first-order chi connectivity index (χ1) is 8.09. The Hall–Kier alpha value is -0.580. The fraction of sp³-hybridized carbons (Fsp3) is 0.538. The van der Waals surface area contributed by atoms with Crippen LogP contribution in [-0.4, -0.2) is 36.2 Å². The van der Waals surface area contributed by atoms with E-state index in [0.29, 0.717) is 5.75 Å². The summed E-state index contributed by atoms with van der Waals surface area (Å²) < 4.78 is 0.983. The third-order valence-electron chi connectivity index (χ3n) is 3.41. The minimum Gasteiger partial charge on any atom is -0.507 e. The predicted octanol–water partition coefficient (Wildman–Crippen LogP) is 2.18. The van der Waals surface area contributed by atoms with E-state index in [-0.39, 0.29) is 0 Å². The Morgan fingerprint density at radius 1 is 1.35 bits per heavy atom. The molecule has 1 heterocycles. The molecule has 1 aliphatic rings. The van der Waals surface area contributed by atoms with E-state index < -0.39 is 0 Å².